The molecule has 0 bridgehead atoms. The Balaban J connectivity index is 1.36. The van der Waals surface area contributed by atoms with E-state index in [1.54, 1.807) is 18.2 Å². The van der Waals surface area contributed by atoms with Crippen LogP contribution in [0.3, 0.4) is 0 Å². The Labute approximate surface area is 256 Å². The Morgan fingerprint density at radius 2 is 1.91 bits per heavy atom. The molecule has 1 heterocycles. The first-order valence-electron chi connectivity index (χ1n) is 15.2. The van der Waals surface area contributed by atoms with Crippen molar-refractivity contribution in [2.75, 3.05) is 19.7 Å². The molecule has 1 aliphatic carbocycles. The summed E-state index contributed by atoms with van der Waals surface area (Å²) in [6.07, 6.45) is 2.39. The van der Waals surface area contributed by atoms with Gasteiger partial charge in [0.15, 0.2) is 0 Å². The molecule has 11 heteroatoms. The van der Waals surface area contributed by atoms with Gasteiger partial charge in [-0.3, -0.25) is 14.9 Å². The average molecular weight is 601 g/mol. The van der Waals surface area contributed by atoms with Gasteiger partial charge in [0, 0.05) is 24.1 Å². The number of ether oxygens (including phenoxy) is 1. The number of nitrogens with one attached hydrogen (secondary N) is 2. The molecule has 4 aromatic rings. The number of aromatic nitrogens is 3. The number of rotatable bonds is 14. The van der Waals surface area contributed by atoms with Crippen LogP contribution in [0.2, 0.25) is 0 Å². The highest BCUT2D eigenvalue weighted by molar-refractivity contribution is 6.03. The van der Waals surface area contributed by atoms with Gasteiger partial charge in [-0.15, -0.1) is 5.10 Å². The summed E-state index contributed by atoms with van der Waals surface area (Å²) in [7, 11) is 0. The lowest BCUT2D eigenvalue weighted by Gasteiger charge is -2.15. The Bertz CT molecular complexity index is 1600. The fourth-order valence-corrected chi connectivity index (χ4v) is 5.57. The molecule has 5 rings (SSSR count). The lowest BCUT2D eigenvalue weighted by Crippen LogP contribution is -2.29. The Morgan fingerprint density at radius 3 is 2.73 bits per heavy atom. The number of benzene rings is 3. The summed E-state index contributed by atoms with van der Waals surface area (Å²) in [6, 6.07) is 19.0. The van der Waals surface area contributed by atoms with Gasteiger partial charge in [0.2, 0.25) is 0 Å². The number of carbonyl (C=O) groups excluding carboxylic acids is 2. The maximum atomic E-state index is 13.3. The first kappa shape index (κ1) is 31.1. The van der Waals surface area contributed by atoms with Crippen molar-refractivity contribution in [3.05, 3.63) is 82.9 Å². The molecule has 3 atom stereocenters. The second-order valence-electron chi connectivity index (χ2n) is 11.2. The normalized spacial score (nSPS) is 15.0. The third-order valence-electron chi connectivity index (χ3n) is 7.79. The lowest BCUT2D eigenvalue weighted by molar-refractivity contribution is 0.0379. The van der Waals surface area contributed by atoms with Crippen LogP contribution in [0.1, 0.15) is 72.5 Å². The Kier molecular flexibility index (Phi) is 10.2. The number of nitrogens with zero attached hydrogens (tertiary/aromatic N) is 3. The summed E-state index contributed by atoms with van der Waals surface area (Å²) in [5.41, 5.74) is 12.3. The number of fused-ring (bicyclic) bond motifs is 4. The number of aliphatic hydroxyl groups is 1. The Hall–Kier alpha value is -4.32. The van der Waals surface area contributed by atoms with Crippen molar-refractivity contribution >= 4 is 23.1 Å². The number of hydrogen-bond donors (Lipinski definition) is 4. The minimum Gasteiger partial charge on any atom is -0.432 e. The number of para-hydroxylation sites is 1. The van der Waals surface area contributed by atoms with Gasteiger partial charge in [0.1, 0.15) is 23.9 Å². The third kappa shape index (κ3) is 7.24. The van der Waals surface area contributed by atoms with E-state index >= 15 is 0 Å². The molecular weight excluding hydrogens is 560 g/mol. The quantitative estimate of drug-likeness (QED) is 0.0958. The highest BCUT2D eigenvalue weighted by Crippen LogP contribution is 2.47. The van der Waals surface area contributed by atoms with Gasteiger partial charge in [0.05, 0.1) is 0 Å². The average Bonchev–Trinajstić information content (AvgIpc) is 3.57. The molecular formula is C33H40N6O5. The zero-order valence-electron chi connectivity index (χ0n) is 25.2. The van der Waals surface area contributed by atoms with Crippen molar-refractivity contribution in [1.29, 1.82) is 0 Å². The minimum absolute atomic E-state index is 0.00429. The first-order chi connectivity index (χ1) is 21.4. The number of carbonyl (C=O) groups is 2. The summed E-state index contributed by atoms with van der Waals surface area (Å²) < 4.78 is 5.64. The maximum absolute atomic E-state index is 13.3. The van der Waals surface area contributed by atoms with Crippen molar-refractivity contribution in [2.45, 2.75) is 64.1 Å². The van der Waals surface area contributed by atoms with E-state index in [-0.39, 0.29) is 24.5 Å². The number of nitrogens with two attached hydrogens (primary N) is 1. The van der Waals surface area contributed by atoms with Crippen molar-refractivity contribution in [3.8, 4) is 11.1 Å². The maximum Gasteiger partial charge on any atom is 0.535 e. The topological polar surface area (TPSA) is 154 Å². The molecule has 0 spiro atoms. The van der Waals surface area contributed by atoms with Crippen molar-refractivity contribution in [2.24, 2.45) is 5.73 Å². The zero-order chi connectivity index (χ0) is 31.1. The van der Waals surface area contributed by atoms with Crippen LogP contribution >= 0.6 is 0 Å². The highest BCUT2D eigenvalue weighted by atomic mass is 16.8. The molecule has 1 amide bonds. The van der Waals surface area contributed by atoms with Crippen LogP contribution in [0.5, 0.6) is 0 Å². The third-order valence-corrected chi connectivity index (χ3v) is 7.79. The predicted molar refractivity (Wildman–Crippen MR) is 167 cm³/mol. The van der Waals surface area contributed by atoms with E-state index in [0.717, 1.165) is 58.5 Å². The number of amides is 1. The van der Waals surface area contributed by atoms with Crippen LogP contribution in [0.4, 0.5) is 4.79 Å². The van der Waals surface area contributed by atoms with Gasteiger partial charge in [-0.05, 0) is 96.8 Å². The molecule has 3 unspecified atom stereocenters. The minimum atomic E-state index is -0.912. The van der Waals surface area contributed by atoms with E-state index in [2.05, 4.69) is 40.0 Å². The molecule has 11 nitrogen and oxygen atoms in total. The van der Waals surface area contributed by atoms with Gasteiger partial charge in [-0.1, -0.05) is 54.2 Å². The van der Waals surface area contributed by atoms with Crippen molar-refractivity contribution in [3.63, 3.8) is 0 Å². The van der Waals surface area contributed by atoms with E-state index < -0.39 is 12.4 Å². The van der Waals surface area contributed by atoms with E-state index in [1.165, 1.54) is 0 Å². The van der Waals surface area contributed by atoms with Gasteiger partial charge < -0.3 is 20.9 Å². The second-order valence-corrected chi connectivity index (χ2v) is 11.2. The molecule has 3 aromatic carbocycles. The fraction of sp³-hybridized carbons (Fsp3) is 0.394. The fourth-order valence-electron chi connectivity index (χ4n) is 5.57. The SMILES string of the molecule is CCCNC(O)CCCc1ccc2c(c1)C(COC(=O)On1nnc3ccccc31)c1cccc(C(=O)NCCC(C)N)c1-2. The molecule has 1 aromatic heterocycles. The molecule has 0 radical (unpaired) electrons. The van der Waals surface area contributed by atoms with Gasteiger partial charge >= 0.3 is 6.16 Å². The van der Waals surface area contributed by atoms with E-state index in [4.69, 9.17) is 15.3 Å². The summed E-state index contributed by atoms with van der Waals surface area (Å²) in [5.74, 6) is -0.487. The summed E-state index contributed by atoms with van der Waals surface area (Å²) in [6.45, 7) is 5.22. The van der Waals surface area contributed by atoms with Crippen LogP contribution in [0.15, 0.2) is 60.7 Å². The molecule has 0 saturated heterocycles. The Morgan fingerprint density at radius 1 is 1.07 bits per heavy atom. The largest absolute Gasteiger partial charge is 0.535 e. The number of aliphatic hydroxyl groups excluding tert-OH is 1. The molecule has 0 fully saturated rings. The molecule has 0 aliphatic heterocycles. The van der Waals surface area contributed by atoms with Gasteiger partial charge in [-0.25, -0.2) is 4.79 Å². The molecule has 1 aliphatic rings. The van der Waals surface area contributed by atoms with E-state index in [0.29, 0.717) is 36.0 Å². The predicted octanol–water partition coefficient (Wildman–Crippen LogP) is 3.92. The molecule has 5 N–H and O–H groups in total. The van der Waals surface area contributed by atoms with Gasteiger partial charge in [0.25, 0.3) is 5.91 Å². The number of aryl methyl sites for hydroxylation is 1. The highest BCUT2D eigenvalue weighted by Gasteiger charge is 2.33. The van der Waals surface area contributed by atoms with Crippen LogP contribution < -0.4 is 21.2 Å². The first-order valence-corrected chi connectivity index (χ1v) is 15.2. The van der Waals surface area contributed by atoms with Crippen LogP contribution in [0, 0.1) is 0 Å². The standard InChI is InChI=1S/C33H40N6O5/c1-3-17-35-30(40)13-6-8-22-14-15-24-26(19-22)27(20-43-33(42)44-39-29-12-5-4-11-28(29)37-38-39)23-9-7-10-25(31(23)24)32(41)36-18-16-21(2)34/h4-5,7,9-12,14-15,19,21,27,30,35,40H,3,6,8,13,16-18,20,34H2,1-2H3,(H,36,41). The van der Waals surface area contributed by atoms with Crippen LogP contribution in [0.25, 0.3) is 22.2 Å². The van der Waals surface area contributed by atoms with Gasteiger partial charge in [-0.2, -0.15) is 0 Å². The monoisotopic (exact) mass is 600 g/mol. The summed E-state index contributed by atoms with van der Waals surface area (Å²) in [4.78, 5) is 32.5. The van der Waals surface area contributed by atoms with Crippen molar-refractivity contribution < 1.29 is 24.3 Å². The van der Waals surface area contributed by atoms with Crippen LogP contribution in [-0.4, -0.2) is 64.3 Å². The summed E-state index contributed by atoms with van der Waals surface area (Å²) in [5, 5.41) is 24.2. The molecule has 232 valence electrons. The van der Waals surface area contributed by atoms with E-state index in [9.17, 15) is 14.7 Å². The van der Waals surface area contributed by atoms with E-state index in [1.807, 2.05) is 37.3 Å². The zero-order valence-corrected chi connectivity index (χ0v) is 25.2. The summed E-state index contributed by atoms with van der Waals surface area (Å²) >= 11 is 0. The lowest BCUT2D eigenvalue weighted by atomic mass is 9.95. The second kappa shape index (κ2) is 14.4. The molecule has 0 saturated carbocycles. The smallest absolute Gasteiger partial charge is 0.432 e. The van der Waals surface area contributed by atoms with Crippen molar-refractivity contribution in [1.82, 2.24) is 25.8 Å². The van der Waals surface area contributed by atoms with Crippen LogP contribution in [-0.2, 0) is 11.2 Å². The number of hydrogen-bond acceptors (Lipinski definition) is 9. The molecule has 44 heavy (non-hydrogen) atoms.